The van der Waals surface area contributed by atoms with Crippen LogP contribution in [0.4, 0.5) is 4.79 Å². The molecule has 23 heavy (non-hydrogen) atoms. The summed E-state index contributed by atoms with van der Waals surface area (Å²) in [5, 5.41) is 5.38. The summed E-state index contributed by atoms with van der Waals surface area (Å²) in [5.74, 6) is -0.542. The third kappa shape index (κ3) is 4.34. The van der Waals surface area contributed by atoms with Gasteiger partial charge in [-0.05, 0) is 24.8 Å². The first-order valence-corrected chi connectivity index (χ1v) is 7.88. The van der Waals surface area contributed by atoms with Crippen molar-refractivity contribution in [1.82, 2.24) is 10.6 Å². The minimum Gasteiger partial charge on any atom is -0.465 e. The fraction of sp³-hybridized carbons (Fsp3) is 0.444. The van der Waals surface area contributed by atoms with Gasteiger partial charge < -0.3 is 15.4 Å². The lowest BCUT2D eigenvalue weighted by Crippen LogP contribution is -2.51. The van der Waals surface area contributed by atoms with Crippen molar-refractivity contribution < 1.29 is 14.3 Å². The molecular formula is C18H24N2O3. The van der Waals surface area contributed by atoms with Crippen molar-refractivity contribution in [2.75, 3.05) is 6.61 Å². The zero-order valence-electron chi connectivity index (χ0n) is 13.9. The summed E-state index contributed by atoms with van der Waals surface area (Å²) in [5.41, 5.74) is 2.34. The molecule has 1 aliphatic heterocycles. The number of hydrogen-bond donors (Lipinski definition) is 2. The highest BCUT2D eigenvalue weighted by Gasteiger charge is 2.38. The summed E-state index contributed by atoms with van der Waals surface area (Å²) in [6, 6.07) is 6.90. The summed E-state index contributed by atoms with van der Waals surface area (Å²) < 4.78 is 5.38. The number of urea groups is 1. The molecule has 2 unspecified atom stereocenters. The van der Waals surface area contributed by atoms with E-state index in [1.165, 1.54) is 0 Å². The van der Waals surface area contributed by atoms with Crippen LogP contribution in [-0.2, 0) is 9.53 Å². The van der Waals surface area contributed by atoms with Crippen molar-refractivity contribution in [2.24, 2.45) is 11.8 Å². The number of benzene rings is 1. The van der Waals surface area contributed by atoms with Crippen molar-refractivity contribution in [3.05, 3.63) is 47.7 Å². The van der Waals surface area contributed by atoms with Crippen LogP contribution in [0.5, 0.6) is 0 Å². The van der Waals surface area contributed by atoms with Crippen LogP contribution >= 0.6 is 0 Å². The molecule has 2 amide bonds. The second-order valence-corrected chi connectivity index (χ2v) is 6.34. The Morgan fingerprint density at radius 1 is 1.30 bits per heavy atom. The Morgan fingerprint density at radius 2 is 1.96 bits per heavy atom. The van der Waals surface area contributed by atoms with Crippen molar-refractivity contribution >= 4 is 12.0 Å². The smallest absolute Gasteiger partial charge is 0.319 e. The molecule has 0 aliphatic carbocycles. The lowest BCUT2D eigenvalue weighted by atomic mass is 9.88. The highest BCUT2D eigenvalue weighted by atomic mass is 16.5. The minimum atomic E-state index is -0.637. The number of aryl methyl sites for hydroxylation is 1. The van der Waals surface area contributed by atoms with Crippen LogP contribution in [0.15, 0.2) is 36.5 Å². The number of nitrogens with one attached hydrogen (secondary N) is 2. The van der Waals surface area contributed by atoms with E-state index in [2.05, 4.69) is 31.1 Å². The zero-order chi connectivity index (χ0) is 17.0. The van der Waals surface area contributed by atoms with Crippen molar-refractivity contribution in [3.8, 4) is 0 Å². The summed E-state index contributed by atoms with van der Waals surface area (Å²) in [7, 11) is 0. The fourth-order valence-corrected chi connectivity index (χ4v) is 2.50. The van der Waals surface area contributed by atoms with E-state index in [-0.39, 0.29) is 12.0 Å². The predicted octanol–water partition coefficient (Wildman–Crippen LogP) is 3.07. The van der Waals surface area contributed by atoms with E-state index in [0.29, 0.717) is 18.2 Å². The molecular weight excluding hydrogens is 292 g/mol. The first-order valence-electron chi connectivity index (χ1n) is 7.88. The first kappa shape index (κ1) is 17.1. The fourth-order valence-electron chi connectivity index (χ4n) is 2.50. The average Bonchev–Trinajstić information content (AvgIpc) is 2.46. The second-order valence-electron chi connectivity index (χ2n) is 6.34. The van der Waals surface area contributed by atoms with Gasteiger partial charge in [-0.25, -0.2) is 4.79 Å². The Hall–Kier alpha value is -2.30. The van der Waals surface area contributed by atoms with Crippen LogP contribution < -0.4 is 10.6 Å². The molecule has 1 saturated heterocycles. The van der Waals surface area contributed by atoms with Crippen LogP contribution in [0.25, 0.3) is 0 Å². The molecule has 2 rings (SSSR count). The van der Waals surface area contributed by atoms with Crippen LogP contribution in [0.1, 0.15) is 37.4 Å². The van der Waals surface area contributed by atoms with Crippen molar-refractivity contribution in [3.63, 3.8) is 0 Å². The quantitative estimate of drug-likeness (QED) is 0.820. The van der Waals surface area contributed by atoms with E-state index in [9.17, 15) is 9.59 Å². The van der Waals surface area contributed by atoms with E-state index in [0.717, 1.165) is 17.5 Å². The third-order valence-electron chi connectivity index (χ3n) is 3.90. The molecule has 0 bridgehead atoms. The van der Waals surface area contributed by atoms with E-state index >= 15 is 0 Å². The summed E-state index contributed by atoms with van der Waals surface area (Å²) >= 11 is 0. The molecule has 1 heterocycles. The second kappa shape index (κ2) is 7.31. The van der Waals surface area contributed by atoms with E-state index < -0.39 is 12.0 Å². The maximum atomic E-state index is 12.5. The van der Waals surface area contributed by atoms with Gasteiger partial charge in [-0.15, -0.1) is 0 Å². The normalized spacial score (nSPS) is 20.9. The van der Waals surface area contributed by atoms with Gasteiger partial charge in [0.15, 0.2) is 0 Å². The maximum absolute atomic E-state index is 12.5. The number of amides is 2. The number of esters is 1. The number of hydrogen-bond acceptors (Lipinski definition) is 3. The summed E-state index contributed by atoms with van der Waals surface area (Å²) in [6.07, 6.45) is 0.805. The van der Waals surface area contributed by atoms with Crippen molar-refractivity contribution in [1.29, 1.82) is 0 Å². The Labute approximate surface area is 137 Å². The monoisotopic (exact) mass is 316 g/mol. The first-order chi connectivity index (χ1) is 10.9. The topological polar surface area (TPSA) is 67.4 Å². The minimum absolute atomic E-state index is 0.355. The molecule has 124 valence electrons. The lowest BCUT2D eigenvalue weighted by molar-refractivity contribution is -0.148. The van der Waals surface area contributed by atoms with Gasteiger partial charge in [0.25, 0.3) is 0 Å². The molecule has 1 aromatic carbocycles. The van der Waals surface area contributed by atoms with E-state index in [1.807, 2.05) is 31.2 Å². The Kier molecular flexibility index (Phi) is 5.42. The maximum Gasteiger partial charge on any atom is 0.319 e. The standard InChI is InChI=1S/C18H24N2O3/c1-11(2)9-10-23-17(21)15-13(4)19-18(22)20-16(15)14-7-5-12(3)6-8-14/h5-8,11,15-16H,4,9-10H2,1-3H3,(H2,19,20,22). The number of carbonyl (C=O) groups excluding carboxylic acids is 2. The van der Waals surface area contributed by atoms with Gasteiger partial charge >= 0.3 is 12.0 Å². The lowest BCUT2D eigenvalue weighted by Gasteiger charge is -2.33. The Bertz CT molecular complexity index is 593. The number of ether oxygens (including phenoxy) is 1. The third-order valence-corrected chi connectivity index (χ3v) is 3.90. The molecule has 1 fully saturated rings. The van der Waals surface area contributed by atoms with Gasteiger partial charge in [0, 0.05) is 5.70 Å². The molecule has 5 nitrogen and oxygen atoms in total. The van der Waals surface area contributed by atoms with Crippen LogP contribution in [0.2, 0.25) is 0 Å². The van der Waals surface area contributed by atoms with Crippen LogP contribution in [0, 0.1) is 18.8 Å². The Balaban J connectivity index is 2.18. The molecule has 5 heteroatoms. The predicted molar refractivity (Wildman–Crippen MR) is 88.6 cm³/mol. The molecule has 0 aromatic heterocycles. The molecule has 2 atom stereocenters. The Morgan fingerprint density at radius 3 is 2.57 bits per heavy atom. The van der Waals surface area contributed by atoms with Gasteiger partial charge in [0.05, 0.1) is 12.6 Å². The van der Waals surface area contributed by atoms with E-state index in [1.54, 1.807) is 0 Å². The molecule has 1 aromatic rings. The molecule has 1 aliphatic rings. The van der Waals surface area contributed by atoms with Gasteiger partial charge in [0.2, 0.25) is 0 Å². The van der Waals surface area contributed by atoms with Gasteiger partial charge in [-0.3, -0.25) is 4.79 Å². The molecule has 0 radical (unpaired) electrons. The molecule has 2 N–H and O–H groups in total. The highest BCUT2D eigenvalue weighted by Crippen LogP contribution is 2.30. The van der Waals surface area contributed by atoms with Crippen LogP contribution in [-0.4, -0.2) is 18.6 Å². The summed E-state index contributed by atoms with van der Waals surface area (Å²) in [6.45, 7) is 10.3. The molecule has 0 spiro atoms. The van der Waals surface area contributed by atoms with Gasteiger partial charge in [0.1, 0.15) is 5.92 Å². The van der Waals surface area contributed by atoms with Crippen molar-refractivity contribution in [2.45, 2.75) is 33.2 Å². The summed E-state index contributed by atoms with van der Waals surface area (Å²) in [4.78, 5) is 24.2. The van der Waals surface area contributed by atoms with Gasteiger partial charge in [-0.2, -0.15) is 0 Å². The highest BCUT2D eigenvalue weighted by molar-refractivity contribution is 5.85. The number of carbonyl (C=O) groups is 2. The van der Waals surface area contributed by atoms with E-state index in [4.69, 9.17) is 4.74 Å². The average molecular weight is 316 g/mol. The number of rotatable bonds is 5. The van der Waals surface area contributed by atoms with Crippen LogP contribution in [0.3, 0.4) is 0 Å². The largest absolute Gasteiger partial charge is 0.465 e. The zero-order valence-corrected chi connectivity index (χ0v) is 13.9. The SMILES string of the molecule is C=C1NC(=O)NC(c2ccc(C)cc2)C1C(=O)OCCC(C)C. The van der Waals surface area contributed by atoms with Gasteiger partial charge in [-0.1, -0.05) is 50.3 Å². The molecule has 0 saturated carbocycles.